The lowest BCUT2D eigenvalue weighted by Gasteiger charge is -2.07. The number of anilines is 1. The predicted octanol–water partition coefficient (Wildman–Crippen LogP) is 15.0. The van der Waals surface area contributed by atoms with Gasteiger partial charge in [0, 0.05) is 58.8 Å². The smallest absolute Gasteiger partial charge is 0.228 e. The molecule has 57 heavy (non-hydrogen) atoms. The van der Waals surface area contributed by atoms with E-state index in [0.29, 0.717) is 10.2 Å². The van der Waals surface area contributed by atoms with Gasteiger partial charge in [-0.25, -0.2) is 13.2 Å². The van der Waals surface area contributed by atoms with Gasteiger partial charge in [0.05, 0.1) is 11.2 Å². The molecule has 9 heteroatoms. The van der Waals surface area contributed by atoms with Gasteiger partial charge in [0.15, 0.2) is 0 Å². The van der Waals surface area contributed by atoms with E-state index in [1.165, 1.54) is 61.4 Å². The van der Waals surface area contributed by atoms with Crippen LogP contribution in [0.4, 0.5) is 18.9 Å². The molecule has 5 aromatic rings. The molecule has 1 amide bonds. The summed E-state index contributed by atoms with van der Waals surface area (Å²) in [5.41, 5.74) is 7.24. The number of hydrogen-bond donors (Lipinski definition) is 2. The zero-order valence-electron chi connectivity index (χ0n) is 34.0. The number of halogens is 4. The van der Waals surface area contributed by atoms with E-state index in [2.05, 4.69) is 79.6 Å². The van der Waals surface area contributed by atoms with Crippen molar-refractivity contribution in [1.29, 1.82) is 0 Å². The summed E-state index contributed by atoms with van der Waals surface area (Å²) in [4.78, 5) is 26.0. The minimum atomic E-state index is -0.337. The summed E-state index contributed by atoms with van der Waals surface area (Å²) in [6.07, 6.45) is 12.5. The molecule has 0 aliphatic carbocycles. The zero-order valence-corrected chi connectivity index (χ0v) is 35.5. The number of benzene rings is 3. The van der Waals surface area contributed by atoms with E-state index in [0.717, 1.165) is 97.3 Å². The Kier molecular flexibility index (Phi) is 26.0. The second-order valence-electron chi connectivity index (χ2n) is 13.4. The Labute approximate surface area is 349 Å². The van der Waals surface area contributed by atoms with Crippen LogP contribution in [-0.4, -0.2) is 21.4 Å². The standard InChI is InChI=1S/C16H20FNO.C14H18FN.C8H7BrFNO.C8H14.2CH4/c1-4-6-13-14-10-12(17)8-9-16(14)18(11(3)19)15(13)7-5-2;1-3-5-11-12-9-10(15)7-8-14(12)16-13(11)6-4-2;1-5(12)11-8-3-2-6(10)4-7(8)9;1-3-5-7-8-6-4-2;;/h8-10H,4-7H2,1-3H3;7-9,16H,3-6H2,1-2H3;2-4H,1H3,(H,11,12);3-6H2,1-2H3;2*1H4. The van der Waals surface area contributed by atoms with Gasteiger partial charge >= 0.3 is 0 Å². The molecule has 5 nitrogen and oxygen atoms in total. The van der Waals surface area contributed by atoms with E-state index in [-0.39, 0.29) is 44.1 Å². The minimum absolute atomic E-state index is 0. The summed E-state index contributed by atoms with van der Waals surface area (Å²) in [6, 6.07) is 13.8. The van der Waals surface area contributed by atoms with E-state index < -0.39 is 0 Å². The molecule has 0 spiro atoms. The fraction of sp³-hybridized carbons (Fsp3) is 0.458. The van der Waals surface area contributed by atoms with E-state index >= 15 is 0 Å². The summed E-state index contributed by atoms with van der Waals surface area (Å²) in [6.45, 7) is 15.8. The first kappa shape index (κ1) is 52.7. The van der Waals surface area contributed by atoms with E-state index in [9.17, 15) is 22.8 Å². The summed E-state index contributed by atoms with van der Waals surface area (Å²) in [5.74, 6) is 5.27. The molecule has 2 heterocycles. The van der Waals surface area contributed by atoms with Crippen molar-refractivity contribution in [2.45, 2.75) is 147 Å². The fourth-order valence-electron chi connectivity index (χ4n) is 6.25. The number of H-pyrrole nitrogens is 1. The highest BCUT2D eigenvalue weighted by atomic mass is 79.9. The second kappa shape index (κ2) is 28.2. The SMILES string of the molecule is C.C.CC(=O)Nc1ccc(F)cc1Br.CCCC#CCCC.CCCc1[nH]c2ccc(F)cc2c1CCC.CCCc1c(CCC)n(C(C)=O)c2ccc(F)cc12. The van der Waals surface area contributed by atoms with Crippen LogP contribution < -0.4 is 5.32 Å². The van der Waals surface area contributed by atoms with Gasteiger partial charge in [0.25, 0.3) is 0 Å². The van der Waals surface area contributed by atoms with E-state index in [1.807, 2.05) is 6.07 Å². The highest BCUT2D eigenvalue weighted by Crippen LogP contribution is 2.30. The van der Waals surface area contributed by atoms with Crippen LogP contribution in [0.3, 0.4) is 0 Å². The molecule has 0 saturated carbocycles. The first-order valence-corrected chi connectivity index (χ1v) is 20.5. The Morgan fingerprint density at radius 2 is 1.18 bits per heavy atom. The molecule has 0 fully saturated rings. The monoisotopic (exact) mass is 853 g/mol. The third kappa shape index (κ3) is 16.6. The van der Waals surface area contributed by atoms with Gasteiger partial charge in [-0.1, -0.05) is 82.1 Å². The van der Waals surface area contributed by atoms with Gasteiger partial charge < -0.3 is 10.3 Å². The number of carbonyl (C=O) groups is 2. The van der Waals surface area contributed by atoms with Gasteiger partial charge in [0.1, 0.15) is 17.5 Å². The number of aromatic nitrogens is 2. The molecule has 0 atom stereocenters. The number of nitrogens with one attached hydrogen (secondary N) is 2. The average molecular weight is 855 g/mol. The molecule has 0 aliphatic heterocycles. The minimum Gasteiger partial charge on any atom is -0.358 e. The quantitative estimate of drug-likeness (QED) is 0.130. The molecule has 0 unspecified atom stereocenters. The summed E-state index contributed by atoms with van der Waals surface area (Å²) >= 11 is 3.12. The number of amides is 1. The lowest BCUT2D eigenvalue weighted by molar-refractivity contribution is -0.114. The summed E-state index contributed by atoms with van der Waals surface area (Å²) < 4.78 is 41.6. The molecule has 5 rings (SSSR count). The number of aromatic amines is 1. The van der Waals surface area contributed by atoms with Crippen molar-refractivity contribution >= 4 is 55.2 Å². The maximum Gasteiger partial charge on any atom is 0.228 e. The largest absolute Gasteiger partial charge is 0.358 e. The topological polar surface area (TPSA) is 66.9 Å². The van der Waals surface area contributed by atoms with Crippen LogP contribution in [0.5, 0.6) is 0 Å². The summed E-state index contributed by atoms with van der Waals surface area (Å²) in [7, 11) is 0. The average Bonchev–Trinajstić information content (AvgIpc) is 3.63. The molecule has 2 N–H and O–H groups in total. The molecule has 314 valence electrons. The Balaban J connectivity index is 0.000000756. The lowest BCUT2D eigenvalue weighted by atomic mass is 10.0. The first-order valence-electron chi connectivity index (χ1n) is 19.7. The number of unbranched alkanes of at least 4 members (excludes halogenated alkanes) is 2. The highest BCUT2D eigenvalue weighted by Gasteiger charge is 2.18. The van der Waals surface area contributed by atoms with Crippen molar-refractivity contribution < 1.29 is 22.8 Å². The van der Waals surface area contributed by atoms with E-state index in [1.54, 1.807) is 29.7 Å². The van der Waals surface area contributed by atoms with E-state index in [4.69, 9.17) is 0 Å². The van der Waals surface area contributed by atoms with Crippen LogP contribution in [0, 0.1) is 29.3 Å². The molecule has 3 aromatic carbocycles. The molecule has 2 aromatic heterocycles. The van der Waals surface area contributed by atoms with Gasteiger partial charge in [-0.15, -0.1) is 11.8 Å². The maximum absolute atomic E-state index is 13.5. The second-order valence-corrected chi connectivity index (χ2v) is 14.2. The highest BCUT2D eigenvalue weighted by molar-refractivity contribution is 9.10. The first-order chi connectivity index (χ1) is 26.4. The van der Waals surface area contributed by atoms with Crippen LogP contribution in [0.2, 0.25) is 0 Å². The Morgan fingerprint density at radius 1 is 0.667 bits per heavy atom. The number of nitrogens with zero attached hydrogens (tertiary/aromatic N) is 1. The Morgan fingerprint density at radius 3 is 1.68 bits per heavy atom. The van der Waals surface area contributed by atoms with Crippen molar-refractivity contribution in [2.75, 3.05) is 5.32 Å². The van der Waals surface area contributed by atoms with Crippen LogP contribution in [0.25, 0.3) is 21.8 Å². The number of aryl methyl sites for hydroxylation is 3. The van der Waals surface area contributed by atoms with Gasteiger partial charge in [-0.2, -0.15) is 0 Å². The Bertz CT molecular complexity index is 2030. The fourth-order valence-corrected chi connectivity index (χ4v) is 6.70. The molecular formula is C48H67BrF3N3O2. The third-order valence-electron chi connectivity index (χ3n) is 8.52. The van der Waals surface area contributed by atoms with Crippen molar-refractivity contribution in [3.8, 4) is 11.8 Å². The number of hydrogen-bond acceptors (Lipinski definition) is 2. The number of carbonyl (C=O) groups excluding carboxylic acids is 2. The zero-order chi connectivity index (χ0) is 40.9. The molecule has 0 saturated heterocycles. The van der Waals surface area contributed by atoms with Crippen LogP contribution in [0.1, 0.15) is 149 Å². The third-order valence-corrected chi connectivity index (χ3v) is 9.17. The van der Waals surface area contributed by atoms with Crippen LogP contribution in [0.15, 0.2) is 59.1 Å². The van der Waals surface area contributed by atoms with Crippen molar-refractivity contribution in [2.24, 2.45) is 0 Å². The maximum atomic E-state index is 13.5. The predicted molar refractivity (Wildman–Crippen MR) is 242 cm³/mol. The number of rotatable bonds is 11. The van der Waals surface area contributed by atoms with Crippen molar-refractivity contribution in [1.82, 2.24) is 9.55 Å². The van der Waals surface area contributed by atoms with Crippen molar-refractivity contribution in [3.05, 3.63) is 99.0 Å². The molecule has 0 bridgehead atoms. The van der Waals surface area contributed by atoms with Crippen molar-refractivity contribution in [3.63, 3.8) is 0 Å². The van der Waals surface area contributed by atoms with Gasteiger partial charge in [-0.05, 0) is 120 Å². The molecule has 0 radical (unpaired) electrons. The molecule has 0 aliphatic rings. The normalized spacial score (nSPS) is 9.96. The number of fused-ring (bicyclic) bond motifs is 2. The summed E-state index contributed by atoms with van der Waals surface area (Å²) in [5, 5.41) is 4.50. The van der Waals surface area contributed by atoms with Crippen LogP contribution >= 0.6 is 15.9 Å². The molecular weight excluding hydrogens is 787 g/mol. The van der Waals surface area contributed by atoms with Crippen LogP contribution in [-0.2, 0) is 30.5 Å². The van der Waals surface area contributed by atoms with Gasteiger partial charge in [0.2, 0.25) is 11.8 Å². The van der Waals surface area contributed by atoms with Gasteiger partial charge in [-0.3, -0.25) is 14.2 Å². The Hall–Kier alpha value is -4.29. The lowest BCUT2D eigenvalue weighted by Crippen LogP contribution is -2.10.